The van der Waals surface area contributed by atoms with Crippen molar-refractivity contribution in [1.29, 1.82) is 0 Å². The summed E-state index contributed by atoms with van der Waals surface area (Å²) in [5.74, 6) is -0.589. The molecule has 10 heteroatoms. The third-order valence-corrected chi connectivity index (χ3v) is 3.45. The molecule has 0 saturated carbocycles. The Bertz CT molecular complexity index is 810. The lowest BCUT2D eigenvalue weighted by molar-refractivity contribution is -0.385. The molecule has 9 nitrogen and oxygen atoms in total. The Balaban J connectivity index is 1.88. The molecule has 2 N–H and O–H groups in total. The number of carbonyl (C=O) groups excluding carboxylic acids is 1. The minimum atomic E-state index is -0.671. The molecule has 2 aromatic carbocycles. The first-order chi connectivity index (χ1) is 11.9. The fraction of sp³-hybridized carbons (Fsp3) is 0.133. The van der Waals surface area contributed by atoms with Gasteiger partial charge in [0.15, 0.2) is 0 Å². The predicted octanol–water partition coefficient (Wildman–Crippen LogP) is 3.00. The summed E-state index contributed by atoms with van der Waals surface area (Å²) in [7, 11) is 0. The van der Waals surface area contributed by atoms with Gasteiger partial charge >= 0.3 is 0 Å². The molecular weight excluding hydrogens is 352 g/mol. The molecule has 2 rings (SSSR count). The highest BCUT2D eigenvalue weighted by Gasteiger charge is 2.20. The maximum absolute atomic E-state index is 12.1. The van der Waals surface area contributed by atoms with E-state index in [4.69, 9.17) is 11.6 Å². The maximum atomic E-state index is 12.1. The fourth-order valence-corrected chi connectivity index (χ4v) is 2.19. The van der Waals surface area contributed by atoms with Crippen LogP contribution in [0.5, 0.6) is 0 Å². The molecule has 0 aromatic heterocycles. The number of nitro benzene ring substituents is 2. The number of halogens is 1. The summed E-state index contributed by atoms with van der Waals surface area (Å²) in [4.78, 5) is 32.4. The van der Waals surface area contributed by atoms with Crippen molar-refractivity contribution >= 4 is 34.6 Å². The Morgan fingerprint density at radius 3 is 2.28 bits per heavy atom. The molecule has 0 spiro atoms. The van der Waals surface area contributed by atoms with E-state index in [1.54, 1.807) is 12.1 Å². The standard InChI is InChI=1S/C15H13ClN4O5/c16-10-1-6-13(14(9-10)20(24)25)15(21)18-8-7-17-11-2-4-12(5-3-11)19(22)23/h1-6,9,17H,7-8H2,(H,18,21). The lowest BCUT2D eigenvalue weighted by Crippen LogP contribution is -2.29. The molecule has 0 aliphatic rings. The van der Waals surface area contributed by atoms with E-state index < -0.39 is 15.8 Å². The number of benzene rings is 2. The average molecular weight is 365 g/mol. The van der Waals surface area contributed by atoms with Gasteiger partial charge in [-0.05, 0) is 24.3 Å². The largest absolute Gasteiger partial charge is 0.383 e. The zero-order valence-electron chi connectivity index (χ0n) is 12.8. The Morgan fingerprint density at radius 2 is 1.68 bits per heavy atom. The van der Waals surface area contributed by atoms with Crippen LogP contribution in [0.4, 0.5) is 17.1 Å². The van der Waals surface area contributed by atoms with Crippen LogP contribution >= 0.6 is 11.6 Å². The first kappa shape index (κ1) is 18.1. The number of amides is 1. The highest BCUT2D eigenvalue weighted by Crippen LogP contribution is 2.23. The molecule has 0 saturated heterocycles. The van der Waals surface area contributed by atoms with E-state index in [1.807, 2.05) is 0 Å². The third-order valence-electron chi connectivity index (χ3n) is 3.22. The van der Waals surface area contributed by atoms with Crippen molar-refractivity contribution in [2.24, 2.45) is 0 Å². The van der Waals surface area contributed by atoms with Crippen LogP contribution in [0.15, 0.2) is 42.5 Å². The number of non-ortho nitro benzene ring substituents is 1. The monoisotopic (exact) mass is 364 g/mol. The van der Waals surface area contributed by atoms with Crippen molar-refractivity contribution in [2.45, 2.75) is 0 Å². The van der Waals surface area contributed by atoms with Crippen molar-refractivity contribution in [3.8, 4) is 0 Å². The molecule has 0 aliphatic heterocycles. The summed E-state index contributed by atoms with van der Waals surface area (Å²) in [6.07, 6.45) is 0. The summed E-state index contributed by atoms with van der Waals surface area (Å²) in [5, 5.41) is 27.2. The van der Waals surface area contributed by atoms with Gasteiger partial charge in [0.05, 0.1) is 9.85 Å². The van der Waals surface area contributed by atoms with Gasteiger partial charge in [-0.15, -0.1) is 0 Å². The Kier molecular flexibility index (Phi) is 5.85. The van der Waals surface area contributed by atoms with Crippen LogP contribution in [0.3, 0.4) is 0 Å². The van der Waals surface area contributed by atoms with Gasteiger partial charge in [0.2, 0.25) is 0 Å². The van der Waals surface area contributed by atoms with Crippen LogP contribution in [0, 0.1) is 20.2 Å². The Hall–Kier alpha value is -3.20. The predicted molar refractivity (Wildman–Crippen MR) is 92.0 cm³/mol. The number of rotatable bonds is 7. The number of carbonyl (C=O) groups is 1. The van der Waals surface area contributed by atoms with Crippen molar-refractivity contribution < 1.29 is 14.6 Å². The van der Waals surface area contributed by atoms with E-state index in [2.05, 4.69) is 10.6 Å². The number of anilines is 1. The summed E-state index contributed by atoms with van der Waals surface area (Å²) in [6.45, 7) is 0.542. The maximum Gasteiger partial charge on any atom is 0.283 e. The fourth-order valence-electron chi connectivity index (χ4n) is 2.03. The van der Waals surface area contributed by atoms with Gasteiger partial charge < -0.3 is 10.6 Å². The van der Waals surface area contributed by atoms with Gasteiger partial charge in [0.1, 0.15) is 5.56 Å². The van der Waals surface area contributed by atoms with E-state index in [0.717, 1.165) is 6.07 Å². The summed E-state index contributed by atoms with van der Waals surface area (Å²) >= 11 is 5.70. The minimum absolute atomic E-state index is 0.0195. The van der Waals surface area contributed by atoms with Crippen LogP contribution in [-0.4, -0.2) is 28.8 Å². The SMILES string of the molecule is O=C(NCCNc1ccc([N+](=O)[O-])cc1)c1ccc(Cl)cc1[N+](=O)[O-]. The van der Waals surface area contributed by atoms with Crippen molar-refractivity contribution in [3.63, 3.8) is 0 Å². The Labute approximate surface area is 146 Å². The number of nitrogens with one attached hydrogen (secondary N) is 2. The zero-order chi connectivity index (χ0) is 18.4. The molecule has 0 fully saturated rings. The summed E-state index contributed by atoms with van der Waals surface area (Å²) < 4.78 is 0. The lowest BCUT2D eigenvalue weighted by atomic mass is 10.1. The highest BCUT2D eigenvalue weighted by atomic mass is 35.5. The van der Waals surface area contributed by atoms with Gasteiger partial charge in [-0.2, -0.15) is 0 Å². The molecule has 2 aromatic rings. The van der Waals surface area contributed by atoms with Crippen LogP contribution in [0.25, 0.3) is 0 Å². The molecule has 0 unspecified atom stereocenters. The second-order valence-electron chi connectivity index (χ2n) is 4.91. The van der Waals surface area contributed by atoms with Gasteiger partial charge in [-0.25, -0.2) is 0 Å². The van der Waals surface area contributed by atoms with Gasteiger partial charge in [0, 0.05) is 42.0 Å². The molecular formula is C15H13ClN4O5. The molecule has 0 heterocycles. The molecule has 0 atom stereocenters. The van der Waals surface area contributed by atoms with Gasteiger partial charge in [0.25, 0.3) is 17.3 Å². The smallest absolute Gasteiger partial charge is 0.283 e. The second-order valence-corrected chi connectivity index (χ2v) is 5.34. The average Bonchev–Trinajstić information content (AvgIpc) is 2.58. The first-order valence-corrected chi connectivity index (χ1v) is 7.47. The first-order valence-electron chi connectivity index (χ1n) is 7.09. The van der Waals surface area contributed by atoms with Crippen LogP contribution < -0.4 is 10.6 Å². The van der Waals surface area contributed by atoms with E-state index in [0.29, 0.717) is 12.2 Å². The molecule has 0 aliphatic carbocycles. The minimum Gasteiger partial charge on any atom is -0.383 e. The topological polar surface area (TPSA) is 127 Å². The van der Waals surface area contributed by atoms with E-state index in [-0.39, 0.29) is 28.5 Å². The molecule has 0 radical (unpaired) electrons. The van der Waals surface area contributed by atoms with Crippen molar-refractivity contribution in [3.05, 3.63) is 73.3 Å². The van der Waals surface area contributed by atoms with Crippen LogP contribution in [0.2, 0.25) is 5.02 Å². The van der Waals surface area contributed by atoms with Crippen molar-refractivity contribution in [1.82, 2.24) is 5.32 Å². The number of hydrogen-bond acceptors (Lipinski definition) is 6. The van der Waals surface area contributed by atoms with Gasteiger partial charge in [-0.1, -0.05) is 11.6 Å². The number of hydrogen-bond donors (Lipinski definition) is 2. The lowest BCUT2D eigenvalue weighted by Gasteiger charge is -2.08. The number of nitro groups is 2. The normalized spacial score (nSPS) is 10.1. The van der Waals surface area contributed by atoms with Gasteiger partial charge in [-0.3, -0.25) is 25.0 Å². The molecule has 130 valence electrons. The summed E-state index contributed by atoms with van der Waals surface area (Å²) in [6, 6.07) is 9.62. The second kappa shape index (κ2) is 8.06. The highest BCUT2D eigenvalue weighted by molar-refractivity contribution is 6.31. The van der Waals surface area contributed by atoms with Crippen molar-refractivity contribution in [2.75, 3.05) is 18.4 Å². The molecule has 1 amide bonds. The van der Waals surface area contributed by atoms with E-state index >= 15 is 0 Å². The molecule has 0 bridgehead atoms. The zero-order valence-corrected chi connectivity index (χ0v) is 13.5. The molecule has 25 heavy (non-hydrogen) atoms. The third kappa shape index (κ3) is 4.88. The number of nitrogens with zero attached hydrogens (tertiary/aromatic N) is 2. The van der Waals surface area contributed by atoms with E-state index in [9.17, 15) is 25.0 Å². The quantitative estimate of drug-likeness (QED) is 0.441. The Morgan fingerprint density at radius 1 is 1.00 bits per heavy atom. The van der Waals surface area contributed by atoms with Crippen LogP contribution in [-0.2, 0) is 0 Å². The van der Waals surface area contributed by atoms with E-state index in [1.165, 1.54) is 24.3 Å². The summed E-state index contributed by atoms with van der Waals surface area (Å²) in [5.41, 5.74) is 0.185. The van der Waals surface area contributed by atoms with Crippen LogP contribution in [0.1, 0.15) is 10.4 Å².